The molecule has 2 heteroatoms. The lowest BCUT2D eigenvalue weighted by molar-refractivity contribution is 0.452. The molecule has 0 rings (SSSR count). The monoisotopic (exact) mass is 135 g/mol. The topological polar surface area (TPSA) is 3.24 Å². The Morgan fingerprint density at radius 1 is 1.12 bits per heavy atom. The van der Waals surface area contributed by atoms with Gasteiger partial charge >= 0.3 is 0 Å². The van der Waals surface area contributed by atoms with Crippen molar-refractivity contribution in [1.82, 2.24) is 4.42 Å². The molecule has 0 saturated heterocycles. The van der Waals surface area contributed by atoms with Gasteiger partial charge in [-0.05, 0) is 24.6 Å². The molecule has 0 bridgehead atoms. The fraction of sp³-hybridized carbons (Fsp3) is 1.00. The molecule has 0 aliphatic heterocycles. The average molecular weight is 136 g/mol. The van der Waals surface area contributed by atoms with E-state index in [-0.39, 0.29) is 0 Å². The minimum atomic E-state index is 1.01. The van der Waals surface area contributed by atoms with Crippen LogP contribution in [-0.2, 0) is 0 Å². The molecule has 0 N–H and O–H groups in total. The number of hydrogen-bond donors (Lipinski definition) is 0. The fourth-order valence-corrected chi connectivity index (χ4v) is 0.935. The van der Waals surface area contributed by atoms with Crippen LogP contribution in [0.4, 0.5) is 0 Å². The zero-order valence-electron chi connectivity index (χ0n) is 5.65. The molecule has 0 aromatic rings. The van der Waals surface area contributed by atoms with E-state index < -0.39 is 0 Å². The highest BCUT2D eigenvalue weighted by Crippen LogP contribution is 1.95. The van der Waals surface area contributed by atoms with Crippen molar-refractivity contribution in [2.45, 2.75) is 26.7 Å². The quantitative estimate of drug-likeness (QED) is 0.535. The summed E-state index contributed by atoms with van der Waals surface area (Å²) in [6.07, 6.45) is 2.28. The van der Waals surface area contributed by atoms with Crippen LogP contribution in [0.25, 0.3) is 0 Å². The van der Waals surface area contributed by atoms with Crippen molar-refractivity contribution < 1.29 is 0 Å². The van der Waals surface area contributed by atoms with Crippen LogP contribution >= 0.6 is 11.8 Å². The first-order valence-electron chi connectivity index (χ1n) is 3.22. The third kappa shape index (κ3) is 4.41. The minimum Gasteiger partial charge on any atom is -0.220 e. The van der Waals surface area contributed by atoms with Crippen LogP contribution in [0.5, 0.6) is 0 Å². The Hall–Kier alpha value is 0.250. The summed E-state index contributed by atoms with van der Waals surface area (Å²) in [7, 11) is 0. The smallest absolute Gasteiger partial charge is 0.0136 e. The highest BCUT2D eigenvalue weighted by atomic mass is 35.5. The van der Waals surface area contributed by atoms with Gasteiger partial charge in [-0.25, -0.2) is 4.42 Å². The number of hydrogen-bond acceptors (Lipinski definition) is 1. The third-order valence-corrected chi connectivity index (χ3v) is 1.27. The van der Waals surface area contributed by atoms with Gasteiger partial charge in [0.1, 0.15) is 0 Å². The van der Waals surface area contributed by atoms with Crippen LogP contribution < -0.4 is 0 Å². The van der Waals surface area contributed by atoms with E-state index in [4.69, 9.17) is 11.8 Å². The first-order valence-corrected chi connectivity index (χ1v) is 3.55. The molecule has 0 aliphatic rings. The molecule has 1 nitrogen and oxygen atoms in total. The normalized spacial score (nSPS) is 10.5. The molecule has 0 aromatic heterocycles. The lowest BCUT2D eigenvalue weighted by Crippen LogP contribution is -2.13. The molecule has 0 atom stereocenters. The Balaban J connectivity index is 2.92. The average Bonchev–Trinajstić information content (AvgIpc) is 1.68. The molecule has 0 aromatic carbocycles. The zero-order valence-corrected chi connectivity index (χ0v) is 6.41. The summed E-state index contributed by atoms with van der Waals surface area (Å²) in [5.74, 6) is 0. The predicted octanol–water partition coefficient (Wildman–Crippen LogP) is 2.26. The van der Waals surface area contributed by atoms with Crippen molar-refractivity contribution in [3.63, 3.8) is 0 Å². The molecule has 8 heavy (non-hydrogen) atoms. The van der Waals surface area contributed by atoms with Crippen LogP contribution in [0.2, 0.25) is 0 Å². The van der Waals surface area contributed by atoms with Crippen LogP contribution in [0.3, 0.4) is 0 Å². The molecule has 0 spiro atoms. The molecule has 50 valence electrons. The number of nitrogens with zero attached hydrogens (tertiary/aromatic N) is 1. The second-order valence-corrected chi connectivity index (χ2v) is 2.39. The molecular weight excluding hydrogens is 122 g/mol. The molecule has 0 amide bonds. The Morgan fingerprint density at radius 3 is 1.75 bits per heavy atom. The summed E-state index contributed by atoms with van der Waals surface area (Å²) in [5.41, 5.74) is 0. The van der Waals surface area contributed by atoms with Crippen molar-refractivity contribution in [3.05, 3.63) is 0 Å². The highest BCUT2D eigenvalue weighted by molar-refractivity contribution is 6.13. The highest BCUT2D eigenvalue weighted by Gasteiger charge is 1.93. The molecule has 0 radical (unpaired) electrons. The lowest BCUT2D eigenvalue weighted by Gasteiger charge is -2.08. The Bertz CT molecular complexity index is 41.8. The standard InChI is InChI=1S/C6H14ClN/c1-3-5-8(7)6-4-2/h3-6H2,1-2H3. The molecule has 0 unspecified atom stereocenters. The van der Waals surface area contributed by atoms with Crippen molar-refractivity contribution >= 4 is 11.8 Å². The van der Waals surface area contributed by atoms with Gasteiger partial charge < -0.3 is 0 Å². The van der Waals surface area contributed by atoms with Gasteiger partial charge in [0.15, 0.2) is 0 Å². The van der Waals surface area contributed by atoms with Crippen LogP contribution in [0.15, 0.2) is 0 Å². The van der Waals surface area contributed by atoms with Crippen molar-refractivity contribution in [2.75, 3.05) is 13.1 Å². The first-order chi connectivity index (χ1) is 3.81. The number of halogens is 1. The second-order valence-electron chi connectivity index (χ2n) is 1.91. The van der Waals surface area contributed by atoms with Gasteiger partial charge in [-0.3, -0.25) is 0 Å². The summed E-state index contributed by atoms with van der Waals surface area (Å²) in [6, 6.07) is 0. The van der Waals surface area contributed by atoms with Gasteiger partial charge in [-0.2, -0.15) is 0 Å². The maximum absolute atomic E-state index is 5.71. The SMILES string of the molecule is CCCN(Cl)CCC. The first kappa shape index (κ1) is 8.25. The van der Waals surface area contributed by atoms with E-state index in [1.165, 1.54) is 0 Å². The maximum atomic E-state index is 5.71. The van der Waals surface area contributed by atoms with E-state index in [1.807, 2.05) is 4.42 Å². The Kier molecular flexibility index (Phi) is 5.56. The van der Waals surface area contributed by atoms with Crippen molar-refractivity contribution in [3.8, 4) is 0 Å². The molecule has 0 fully saturated rings. The minimum absolute atomic E-state index is 1.01. The third-order valence-electron chi connectivity index (χ3n) is 0.932. The lowest BCUT2D eigenvalue weighted by atomic mass is 10.4. The largest absolute Gasteiger partial charge is 0.220 e. The molecular formula is C6H14ClN. The van der Waals surface area contributed by atoms with E-state index in [0.717, 1.165) is 25.9 Å². The summed E-state index contributed by atoms with van der Waals surface area (Å²) in [5, 5.41) is 0. The van der Waals surface area contributed by atoms with Crippen LogP contribution in [0, 0.1) is 0 Å². The Labute approximate surface area is 56.7 Å². The van der Waals surface area contributed by atoms with E-state index >= 15 is 0 Å². The summed E-state index contributed by atoms with van der Waals surface area (Å²) in [4.78, 5) is 0. The Morgan fingerprint density at radius 2 is 1.50 bits per heavy atom. The molecule has 0 aliphatic carbocycles. The van der Waals surface area contributed by atoms with Gasteiger partial charge in [0.25, 0.3) is 0 Å². The van der Waals surface area contributed by atoms with Crippen molar-refractivity contribution in [1.29, 1.82) is 0 Å². The van der Waals surface area contributed by atoms with Crippen molar-refractivity contribution in [2.24, 2.45) is 0 Å². The zero-order chi connectivity index (χ0) is 6.41. The van der Waals surface area contributed by atoms with Gasteiger partial charge in [-0.1, -0.05) is 13.8 Å². The van der Waals surface area contributed by atoms with E-state index in [9.17, 15) is 0 Å². The van der Waals surface area contributed by atoms with Gasteiger partial charge in [0.05, 0.1) is 0 Å². The summed E-state index contributed by atoms with van der Waals surface area (Å²) < 4.78 is 1.83. The summed E-state index contributed by atoms with van der Waals surface area (Å²) >= 11 is 5.71. The fourth-order valence-electron chi connectivity index (χ4n) is 0.597. The van der Waals surface area contributed by atoms with Gasteiger partial charge in [0.2, 0.25) is 0 Å². The van der Waals surface area contributed by atoms with Crippen LogP contribution in [0.1, 0.15) is 26.7 Å². The maximum Gasteiger partial charge on any atom is 0.0136 e. The summed E-state index contributed by atoms with van der Waals surface area (Å²) in [6.45, 7) is 6.28. The van der Waals surface area contributed by atoms with E-state index in [2.05, 4.69) is 13.8 Å². The van der Waals surface area contributed by atoms with Crippen LogP contribution in [-0.4, -0.2) is 17.5 Å². The van der Waals surface area contributed by atoms with Gasteiger partial charge in [0, 0.05) is 13.1 Å². The molecule has 0 heterocycles. The predicted molar refractivity (Wildman–Crippen MR) is 38.0 cm³/mol. The second kappa shape index (κ2) is 5.39. The van der Waals surface area contributed by atoms with Gasteiger partial charge in [-0.15, -0.1) is 0 Å². The number of rotatable bonds is 4. The molecule has 0 saturated carbocycles. The van der Waals surface area contributed by atoms with E-state index in [1.54, 1.807) is 0 Å². The van der Waals surface area contributed by atoms with E-state index in [0.29, 0.717) is 0 Å².